The zero-order valence-corrected chi connectivity index (χ0v) is 15.1. The maximum atomic E-state index is 11.9. The number of carbonyl (C=O) groups is 1. The standard InChI is InChI=1S/C19H17NO5S/c1-22-15-8-13(9-16(11-15)23-2)5-6-19(21)24-12-14-10-17(25-20-14)18-4-3-7-26-18/h3-11H,12H2,1-2H3/b6-5+. The number of rotatable bonds is 7. The Morgan fingerprint density at radius 3 is 2.62 bits per heavy atom. The van der Waals surface area contributed by atoms with Crippen molar-refractivity contribution in [3.8, 4) is 22.1 Å². The third-order valence-electron chi connectivity index (χ3n) is 3.47. The van der Waals surface area contributed by atoms with Crippen LogP contribution in [0.4, 0.5) is 0 Å². The Morgan fingerprint density at radius 1 is 1.19 bits per heavy atom. The fourth-order valence-corrected chi connectivity index (χ4v) is 2.87. The van der Waals surface area contributed by atoms with Gasteiger partial charge in [-0.1, -0.05) is 11.2 Å². The summed E-state index contributed by atoms with van der Waals surface area (Å²) in [5.41, 5.74) is 1.32. The molecule has 0 N–H and O–H groups in total. The predicted molar refractivity (Wildman–Crippen MR) is 98.2 cm³/mol. The molecular weight excluding hydrogens is 354 g/mol. The van der Waals surface area contributed by atoms with Gasteiger partial charge in [-0.25, -0.2) is 4.79 Å². The number of aromatic nitrogens is 1. The maximum Gasteiger partial charge on any atom is 0.331 e. The molecule has 0 bridgehead atoms. The van der Waals surface area contributed by atoms with E-state index < -0.39 is 5.97 Å². The van der Waals surface area contributed by atoms with E-state index in [9.17, 15) is 4.79 Å². The molecule has 0 aliphatic carbocycles. The van der Waals surface area contributed by atoms with Crippen molar-refractivity contribution >= 4 is 23.4 Å². The summed E-state index contributed by atoms with van der Waals surface area (Å²) in [5.74, 6) is 1.46. The van der Waals surface area contributed by atoms with Crippen LogP contribution < -0.4 is 9.47 Å². The fourth-order valence-electron chi connectivity index (χ4n) is 2.20. The van der Waals surface area contributed by atoms with Crippen LogP contribution in [0.3, 0.4) is 0 Å². The van der Waals surface area contributed by atoms with Crippen LogP contribution in [0.25, 0.3) is 16.7 Å². The summed E-state index contributed by atoms with van der Waals surface area (Å²) in [6, 6.07) is 11.0. The number of thiophene rings is 1. The van der Waals surface area contributed by atoms with Gasteiger partial charge in [-0.05, 0) is 35.2 Å². The lowest BCUT2D eigenvalue weighted by Crippen LogP contribution is -2.00. The fraction of sp³-hybridized carbons (Fsp3) is 0.158. The van der Waals surface area contributed by atoms with E-state index in [0.29, 0.717) is 23.0 Å². The molecule has 0 saturated carbocycles. The zero-order valence-electron chi connectivity index (χ0n) is 14.3. The van der Waals surface area contributed by atoms with Gasteiger partial charge in [-0.2, -0.15) is 0 Å². The molecule has 1 aromatic carbocycles. The van der Waals surface area contributed by atoms with Gasteiger partial charge < -0.3 is 18.7 Å². The van der Waals surface area contributed by atoms with Gasteiger partial charge >= 0.3 is 5.97 Å². The van der Waals surface area contributed by atoms with Crippen molar-refractivity contribution in [3.05, 3.63) is 59.1 Å². The molecule has 0 saturated heterocycles. The summed E-state index contributed by atoms with van der Waals surface area (Å²) in [6.07, 6.45) is 2.97. The molecule has 134 valence electrons. The lowest BCUT2D eigenvalue weighted by Gasteiger charge is -2.05. The first kappa shape index (κ1) is 17.8. The largest absolute Gasteiger partial charge is 0.497 e. The van der Waals surface area contributed by atoms with Gasteiger partial charge in [0.15, 0.2) is 5.76 Å². The van der Waals surface area contributed by atoms with Crippen LogP contribution in [-0.4, -0.2) is 25.3 Å². The van der Waals surface area contributed by atoms with E-state index in [1.807, 2.05) is 17.5 Å². The Bertz CT molecular complexity index is 876. The summed E-state index contributed by atoms with van der Waals surface area (Å²) >= 11 is 1.55. The Hall–Kier alpha value is -3.06. The van der Waals surface area contributed by atoms with Gasteiger partial charge in [0, 0.05) is 18.2 Å². The van der Waals surface area contributed by atoms with Crippen LogP contribution in [0.15, 0.2) is 52.4 Å². The number of carbonyl (C=O) groups excluding carboxylic acids is 1. The van der Waals surface area contributed by atoms with E-state index in [2.05, 4.69) is 5.16 Å². The molecule has 3 rings (SSSR count). The molecule has 0 atom stereocenters. The van der Waals surface area contributed by atoms with Crippen LogP contribution in [0.5, 0.6) is 11.5 Å². The second kappa shape index (κ2) is 8.35. The summed E-state index contributed by atoms with van der Waals surface area (Å²) in [4.78, 5) is 12.9. The van der Waals surface area contributed by atoms with E-state index in [4.69, 9.17) is 18.7 Å². The van der Waals surface area contributed by atoms with Crippen molar-refractivity contribution in [2.45, 2.75) is 6.61 Å². The molecule has 3 aromatic rings. The van der Waals surface area contributed by atoms with Crippen LogP contribution in [0.1, 0.15) is 11.3 Å². The zero-order chi connectivity index (χ0) is 18.4. The van der Waals surface area contributed by atoms with Crippen LogP contribution >= 0.6 is 11.3 Å². The summed E-state index contributed by atoms with van der Waals surface area (Å²) in [6.45, 7) is 0.0412. The van der Waals surface area contributed by atoms with Crippen LogP contribution in [-0.2, 0) is 16.1 Å². The first-order valence-corrected chi connectivity index (χ1v) is 8.63. The van der Waals surface area contributed by atoms with Crippen molar-refractivity contribution in [1.82, 2.24) is 5.16 Å². The lowest BCUT2D eigenvalue weighted by atomic mass is 10.2. The van der Waals surface area contributed by atoms with E-state index in [1.54, 1.807) is 55.9 Å². The molecule has 0 spiro atoms. The monoisotopic (exact) mass is 371 g/mol. The summed E-state index contributed by atoms with van der Waals surface area (Å²) < 4.78 is 20.8. The van der Waals surface area contributed by atoms with Gasteiger partial charge in [0.2, 0.25) is 0 Å². The van der Waals surface area contributed by atoms with Gasteiger partial charge in [-0.3, -0.25) is 0 Å². The van der Waals surface area contributed by atoms with Crippen molar-refractivity contribution in [1.29, 1.82) is 0 Å². The maximum absolute atomic E-state index is 11.9. The Morgan fingerprint density at radius 2 is 1.96 bits per heavy atom. The number of methoxy groups -OCH3 is 2. The van der Waals surface area contributed by atoms with Gasteiger partial charge in [0.25, 0.3) is 0 Å². The molecule has 0 unspecified atom stereocenters. The molecule has 0 fully saturated rings. The topological polar surface area (TPSA) is 70.8 Å². The summed E-state index contributed by atoms with van der Waals surface area (Å²) in [7, 11) is 3.14. The van der Waals surface area contributed by atoms with E-state index in [-0.39, 0.29) is 6.61 Å². The quantitative estimate of drug-likeness (QED) is 0.458. The minimum atomic E-state index is -0.479. The first-order valence-electron chi connectivity index (χ1n) is 7.75. The normalized spacial score (nSPS) is 10.8. The molecule has 6 nitrogen and oxygen atoms in total. The second-order valence-electron chi connectivity index (χ2n) is 5.25. The number of nitrogens with zero attached hydrogens (tertiary/aromatic N) is 1. The highest BCUT2D eigenvalue weighted by molar-refractivity contribution is 7.13. The highest BCUT2D eigenvalue weighted by Crippen LogP contribution is 2.25. The Balaban J connectivity index is 1.58. The predicted octanol–water partition coefficient (Wildman–Crippen LogP) is 4.18. The molecule has 26 heavy (non-hydrogen) atoms. The highest BCUT2D eigenvalue weighted by atomic mass is 32.1. The highest BCUT2D eigenvalue weighted by Gasteiger charge is 2.09. The van der Waals surface area contributed by atoms with E-state index in [1.165, 1.54) is 6.08 Å². The van der Waals surface area contributed by atoms with Crippen LogP contribution in [0, 0.1) is 0 Å². The van der Waals surface area contributed by atoms with Gasteiger partial charge in [0.1, 0.15) is 23.8 Å². The first-order chi connectivity index (χ1) is 12.7. The van der Waals surface area contributed by atoms with E-state index in [0.717, 1.165) is 10.4 Å². The molecule has 7 heteroatoms. The smallest absolute Gasteiger partial charge is 0.331 e. The van der Waals surface area contributed by atoms with Crippen molar-refractivity contribution < 1.29 is 23.5 Å². The number of hydrogen-bond acceptors (Lipinski definition) is 7. The third-order valence-corrected chi connectivity index (χ3v) is 4.36. The second-order valence-corrected chi connectivity index (χ2v) is 6.19. The molecule has 0 amide bonds. The molecule has 2 aromatic heterocycles. The molecular formula is C19H17NO5S. The number of ether oxygens (including phenoxy) is 3. The van der Waals surface area contributed by atoms with Crippen molar-refractivity contribution in [2.24, 2.45) is 0 Å². The molecule has 2 heterocycles. The Labute approximate surface area is 154 Å². The third kappa shape index (κ3) is 4.52. The van der Waals surface area contributed by atoms with Crippen molar-refractivity contribution in [3.63, 3.8) is 0 Å². The lowest BCUT2D eigenvalue weighted by molar-refractivity contribution is -0.139. The minimum Gasteiger partial charge on any atom is -0.497 e. The van der Waals surface area contributed by atoms with Crippen LogP contribution in [0.2, 0.25) is 0 Å². The van der Waals surface area contributed by atoms with Gasteiger partial charge in [-0.15, -0.1) is 11.3 Å². The minimum absolute atomic E-state index is 0.0412. The average Bonchev–Trinajstić information content (AvgIpc) is 3.35. The van der Waals surface area contributed by atoms with Crippen molar-refractivity contribution in [2.75, 3.05) is 14.2 Å². The Kier molecular flexibility index (Phi) is 5.70. The van der Waals surface area contributed by atoms with E-state index >= 15 is 0 Å². The molecule has 0 radical (unpaired) electrons. The summed E-state index contributed by atoms with van der Waals surface area (Å²) in [5, 5.41) is 5.86. The molecule has 0 aliphatic heterocycles. The number of hydrogen-bond donors (Lipinski definition) is 0. The average molecular weight is 371 g/mol. The number of esters is 1. The van der Waals surface area contributed by atoms with Gasteiger partial charge in [0.05, 0.1) is 19.1 Å². The molecule has 0 aliphatic rings. The number of benzene rings is 1. The SMILES string of the molecule is COc1cc(/C=C/C(=O)OCc2cc(-c3cccs3)on2)cc(OC)c1.